The largest absolute Gasteiger partial charge is 0.420 e. The van der Waals surface area contributed by atoms with E-state index < -0.39 is 23.7 Å². The second kappa shape index (κ2) is 2.82. The highest BCUT2D eigenvalue weighted by molar-refractivity contribution is 4.62. The molecule has 10 heavy (non-hydrogen) atoms. The molecule has 0 aliphatic rings. The first-order valence-corrected chi connectivity index (χ1v) is 2.20. The van der Waals surface area contributed by atoms with Crippen LogP contribution in [0.2, 0.25) is 0 Å². The number of halogens is 3. The second-order valence-corrected chi connectivity index (χ2v) is 1.57. The quantitative estimate of drug-likeness (QED) is 0.462. The summed E-state index contributed by atoms with van der Waals surface area (Å²) < 4.78 is 33.8. The monoisotopic (exact) mass is 159 g/mol. The first kappa shape index (κ1) is 9.15. The lowest BCUT2D eigenvalue weighted by Gasteiger charge is -2.08. The van der Waals surface area contributed by atoms with Gasteiger partial charge < -0.3 is 5.11 Å². The van der Waals surface area contributed by atoms with Crippen LogP contribution in [0.25, 0.3) is 0 Å². The van der Waals surface area contributed by atoms with Crippen molar-refractivity contribution < 1.29 is 23.2 Å². The Morgan fingerprint density at radius 2 is 2.00 bits per heavy atom. The van der Waals surface area contributed by atoms with Crippen LogP contribution in [0.3, 0.4) is 0 Å². The van der Waals surface area contributed by atoms with Crippen LogP contribution in [0.5, 0.6) is 0 Å². The van der Waals surface area contributed by atoms with Gasteiger partial charge in [0.2, 0.25) is 12.6 Å². The van der Waals surface area contributed by atoms with Crippen molar-refractivity contribution >= 4 is 0 Å². The molecule has 1 N–H and O–H groups in total. The lowest BCUT2D eigenvalue weighted by Crippen LogP contribution is -2.34. The average Bonchev–Trinajstić information content (AvgIpc) is 1.60. The van der Waals surface area contributed by atoms with Gasteiger partial charge in [0.25, 0.3) is 0 Å². The fraction of sp³-hybridized carbons (Fsp3) is 1.00. The number of aliphatic hydroxyl groups is 1. The summed E-state index contributed by atoms with van der Waals surface area (Å²) in [5, 5.41) is 17.4. The Hall–Kier alpha value is -0.850. The number of alkyl halides is 3. The molecule has 7 heteroatoms. The van der Waals surface area contributed by atoms with E-state index in [1.165, 1.54) is 0 Å². The van der Waals surface area contributed by atoms with Gasteiger partial charge in [-0.1, -0.05) is 0 Å². The summed E-state index contributed by atoms with van der Waals surface area (Å²) in [6.07, 6.45) is -7.75. The first-order chi connectivity index (χ1) is 4.34. The van der Waals surface area contributed by atoms with E-state index in [2.05, 4.69) is 0 Å². The van der Waals surface area contributed by atoms with Gasteiger partial charge in [0.1, 0.15) is 0 Å². The van der Waals surface area contributed by atoms with Gasteiger partial charge in [-0.3, -0.25) is 10.1 Å². The Labute approximate surface area is 53.4 Å². The van der Waals surface area contributed by atoms with Crippen molar-refractivity contribution in [3.8, 4) is 0 Å². The second-order valence-electron chi connectivity index (χ2n) is 1.57. The van der Waals surface area contributed by atoms with Gasteiger partial charge in [-0.2, -0.15) is 13.2 Å². The number of aliphatic hydroxyl groups excluding tert-OH is 1. The third kappa shape index (κ3) is 3.23. The van der Waals surface area contributed by atoms with E-state index in [-0.39, 0.29) is 0 Å². The normalized spacial score (nSPS) is 14.8. The molecule has 0 aromatic heterocycles. The van der Waals surface area contributed by atoms with E-state index in [9.17, 15) is 23.3 Å². The van der Waals surface area contributed by atoms with E-state index in [0.717, 1.165) is 0 Å². The molecule has 0 aromatic rings. The van der Waals surface area contributed by atoms with E-state index in [1.807, 2.05) is 0 Å². The van der Waals surface area contributed by atoms with Gasteiger partial charge in [0.05, 0.1) is 0 Å². The summed E-state index contributed by atoms with van der Waals surface area (Å²) >= 11 is 0. The SMILES string of the molecule is O=[N+]([O-])CC(O)C(F)(F)F. The van der Waals surface area contributed by atoms with Crippen LogP contribution in [-0.4, -0.2) is 28.9 Å². The maximum atomic E-state index is 11.3. The number of nitrogens with zero attached hydrogens (tertiary/aromatic N) is 1. The molecule has 1 atom stereocenters. The lowest BCUT2D eigenvalue weighted by molar-refractivity contribution is -0.500. The van der Waals surface area contributed by atoms with Crippen LogP contribution in [-0.2, 0) is 0 Å². The Balaban J connectivity index is 3.85. The van der Waals surface area contributed by atoms with E-state index in [0.29, 0.717) is 0 Å². The van der Waals surface area contributed by atoms with Crippen LogP contribution >= 0.6 is 0 Å². The Morgan fingerprint density at radius 3 is 2.10 bits per heavy atom. The zero-order valence-electron chi connectivity index (χ0n) is 4.63. The molecule has 0 amide bonds. The molecule has 0 saturated heterocycles. The van der Waals surface area contributed by atoms with Crippen molar-refractivity contribution in [1.82, 2.24) is 0 Å². The third-order valence-corrected chi connectivity index (χ3v) is 0.700. The van der Waals surface area contributed by atoms with Crippen molar-refractivity contribution in [3.63, 3.8) is 0 Å². The molecule has 0 spiro atoms. The van der Waals surface area contributed by atoms with E-state index in [4.69, 9.17) is 5.11 Å². The number of hydrogen-bond acceptors (Lipinski definition) is 3. The number of rotatable bonds is 2. The third-order valence-electron chi connectivity index (χ3n) is 0.700. The maximum Gasteiger partial charge on any atom is 0.420 e. The lowest BCUT2D eigenvalue weighted by atomic mass is 10.3. The highest BCUT2D eigenvalue weighted by Crippen LogP contribution is 2.19. The van der Waals surface area contributed by atoms with Crippen molar-refractivity contribution in [3.05, 3.63) is 10.1 Å². The first-order valence-electron chi connectivity index (χ1n) is 2.20. The van der Waals surface area contributed by atoms with Gasteiger partial charge in [0, 0.05) is 4.92 Å². The predicted octanol–water partition coefficient (Wildman–Crippen LogP) is 0.186. The standard InChI is InChI=1S/C3H4F3NO3/c4-3(5,6)2(8)1-7(9)10/h2,8H,1H2. The molecule has 0 aliphatic heterocycles. The summed E-state index contributed by atoms with van der Waals surface area (Å²) in [6, 6.07) is 0. The van der Waals surface area contributed by atoms with Crippen LogP contribution in [0.4, 0.5) is 13.2 Å². The Kier molecular flexibility index (Phi) is 2.58. The highest BCUT2D eigenvalue weighted by Gasteiger charge is 2.41. The summed E-state index contributed by atoms with van der Waals surface area (Å²) in [5.74, 6) is 0. The number of hydrogen-bond donors (Lipinski definition) is 1. The van der Waals surface area contributed by atoms with Gasteiger partial charge in [-0.25, -0.2) is 0 Å². The molecule has 0 aromatic carbocycles. The molecular formula is C3H4F3NO3. The topological polar surface area (TPSA) is 63.4 Å². The molecular weight excluding hydrogens is 155 g/mol. The van der Waals surface area contributed by atoms with Crippen LogP contribution < -0.4 is 0 Å². The van der Waals surface area contributed by atoms with Crippen molar-refractivity contribution in [2.45, 2.75) is 12.3 Å². The molecule has 0 heterocycles. The molecule has 0 aliphatic carbocycles. The van der Waals surface area contributed by atoms with Gasteiger partial charge >= 0.3 is 6.18 Å². The minimum Gasteiger partial charge on any atom is -0.378 e. The van der Waals surface area contributed by atoms with Gasteiger partial charge in [-0.15, -0.1) is 0 Å². The van der Waals surface area contributed by atoms with Crippen molar-refractivity contribution in [2.75, 3.05) is 6.54 Å². The van der Waals surface area contributed by atoms with Crippen LogP contribution in [0, 0.1) is 10.1 Å². The smallest absolute Gasteiger partial charge is 0.378 e. The maximum absolute atomic E-state index is 11.3. The summed E-state index contributed by atoms with van der Waals surface area (Å²) in [4.78, 5) is 8.18. The molecule has 0 fully saturated rings. The Bertz CT molecular complexity index is 133. The number of nitro groups is 1. The highest BCUT2D eigenvalue weighted by atomic mass is 19.4. The minimum absolute atomic E-state index is 1.22. The van der Waals surface area contributed by atoms with Gasteiger partial charge in [-0.05, 0) is 0 Å². The fourth-order valence-electron chi connectivity index (χ4n) is 0.245. The molecule has 1 unspecified atom stereocenters. The van der Waals surface area contributed by atoms with Crippen molar-refractivity contribution in [2.24, 2.45) is 0 Å². The molecule has 0 bridgehead atoms. The Morgan fingerprint density at radius 1 is 1.60 bits per heavy atom. The molecule has 0 radical (unpaired) electrons. The zero-order valence-corrected chi connectivity index (χ0v) is 4.63. The molecule has 4 nitrogen and oxygen atoms in total. The van der Waals surface area contributed by atoms with Gasteiger partial charge in [0.15, 0.2) is 0 Å². The fourth-order valence-corrected chi connectivity index (χ4v) is 0.245. The summed E-state index contributed by atoms with van der Waals surface area (Å²) in [5.41, 5.74) is 0. The molecule has 60 valence electrons. The predicted molar refractivity (Wildman–Crippen MR) is 23.9 cm³/mol. The van der Waals surface area contributed by atoms with E-state index in [1.54, 1.807) is 0 Å². The average molecular weight is 159 g/mol. The zero-order chi connectivity index (χ0) is 8.36. The summed E-state index contributed by atoms with van der Waals surface area (Å²) in [6.45, 7) is -1.50. The van der Waals surface area contributed by atoms with Crippen LogP contribution in [0.1, 0.15) is 0 Å². The molecule has 0 rings (SSSR count). The minimum atomic E-state index is -4.90. The van der Waals surface area contributed by atoms with E-state index >= 15 is 0 Å². The van der Waals surface area contributed by atoms with Crippen LogP contribution in [0.15, 0.2) is 0 Å². The van der Waals surface area contributed by atoms with Crippen molar-refractivity contribution in [1.29, 1.82) is 0 Å². The molecule has 0 saturated carbocycles. The summed E-state index contributed by atoms with van der Waals surface area (Å²) in [7, 11) is 0.